The lowest BCUT2D eigenvalue weighted by molar-refractivity contribution is 0.0527. The van der Waals surface area contributed by atoms with Crippen LogP contribution in [0.4, 0.5) is 0 Å². The highest BCUT2D eigenvalue weighted by molar-refractivity contribution is 6.30. The summed E-state index contributed by atoms with van der Waals surface area (Å²) in [5.41, 5.74) is 0. The minimum atomic E-state index is -0.909. The Hall–Kier alpha value is -0.970. The number of halogens is 1. The van der Waals surface area contributed by atoms with Crippen LogP contribution in [-0.4, -0.2) is 36.6 Å². The van der Waals surface area contributed by atoms with Gasteiger partial charge in [-0.15, -0.1) is 0 Å². The summed E-state index contributed by atoms with van der Waals surface area (Å²) in [6, 6.07) is 4.93. The molecule has 0 radical (unpaired) electrons. The molecule has 4 nitrogen and oxygen atoms in total. The molecule has 1 atom stereocenters. The quantitative estimate of drug-likeness (QED) is 0.798. The first-order valence-corrected chi connectivity index (χ1v) is 4.80. The van der Waals surface area contributed by atoms with Crippen molar-refractivity contribution in [1.29, 1.82) is 0 Å². The van der Waals surface area contributed by atoms with Gasteiger partial charge in [-0.2, -0.15) is 0 Å². The van der Waals surface area contributed by atoms with Gasteiger partial charge in [-0.1, -0.05) is 11.6 Å². The lowest BCUT2D eigenvalue weighted by Crippen LogP contribution is -2.21. The minimum absolute atomic E-state index is 0.00674. The number of aliphatic hydroxyl groups is 2. The predicted molar refractivity (Wildman–Crippen MR) is 56.6 cm³/mol. The van der Waals surface area contributed by atoms with Crippen molar-refractivity contribution in [1.82, 2.24) is 0 Å². The van der Waals surface area contributed by atoms with Gasteiger partial charge < -0.3 is 19.7 Å². The Kier molecular flexibility index (Phi) is 4.68. The van der Waals surface area contributed by atoms with Crippen LogP contribution in [-0.2, 0) is 0 Å². The Balaban J connectivity index is 2.69. The van der Waals surface area contributed by atoms with Gasteiger partial charge in [0, 0.05) is 11.1 Å². The highest BCUT2D eigenvalue weighted by Crippen LogP contribution is 2.29. The summed E-state index contributed by atoms with van der Waals surface area (Å²) in [4.78, 5) is 0. The summed E-state index contributed by atoms with van der Waals surface area (Å²) in [6.07, 6.45) is -0.909. The Morgan fingerprint density at radius 3 is 2.73 bits per heavy atom. The molecule has 0 bridgehead atoms. The smallest absolute Gasteiger partial charge is 0.162 e. The zero-order chi connectivity index (χ0) is 11.3. The fraction of sp³-hybridized carbons (Fsp3) is 0.400. The number of rotatable bonds is 5. The van der Waals surface area contributed by atoms with Gasteiger partial charge >= 0.3 is 0 Å². The van der Waals surface area contributed by atoms with Crippen molar-refractivity contribution in [3.8, 4) is 11.5 Å². The second-order valence-electron chi connectivity index (χ2n) is 2.94. The Morgan fingerprint density at radius 1 is 1.40 bits per heavy atom. The standard InChI is InChI=1S/C10H13ClO4/c1-14-9-3-2-7(11)4-10(9)15-6-8(13)5-12/h2-4,8,12-13H,5-6H2,1H3. The Morgan fingerprint density at radius 2 is 2.13 bits per heavy atom. The average molecular weight is 233 g/mol. The van der Waals surface area contributed by atoms with Crippen molar-refractivity contribution in [3.63, 3.8) is 0 Å². The predicted octanol–water partition coefficient (Wildman–Crippen LogP) is 1.08. The molecule has 1 aromatic rings. The van der Waals surface area contributed by atoms with Gasteiger partial charge in [0.1, 0.15) is 12.7 Å². The van der Waals surface area contributed by atoms with E-state index in [1.807, 2.05) is 0 Å². The number of hydrogen-bond acceptors (Lipinski definition) is 4. The molecule has 5 heteroatoms. The van der Waals surface area contributed by atoms with E-state index >= 15 is 0 Å². The molecular weight excluding hydrogens is 220 g/mol. The van der Waals surface area contributed by atoms with E-state index in [0.717, 1.165) is 0 Å². The van der Waals surface area contributed by atoms with E-state index < -0.39 is 6.10 Å². The third-order valence-electron chi connectivity index (χ3n) is 1.77. The van der Waals surface area contributed by atoms with Crippen LogP contribution in [0.1, 0.15) is 0 Å². The van der Waals surface area contributed by atoms with Gasteiger partial charge in [-0.05, 0) is 12.1 Å². The van der Waals surface area contributed by atoms with E-state index in [1.165, 1.54) is 7.11 Å². The molecule has 0 amide bonds. The van der Waals surface area contributed by atoms with Crippen molar-refractivity contribution in [2.24, 2.45) is 0 Å². The molecule has 0 heterocycles. The first kappa shape index (κ1) is 12.1. The van der Waals surface area contributed by atoms with Crippen LogP contribution in [0.3, 0.4) is 0 Å². The molecule has 0 spiro atoms. The van der Waals surface area contributed by atoms with E-state index in [9.17, 15) is 0 Å². The van der Waals surface area contributed by atoms with Gasteiger partial charge in [-0.3, -0.25) is 0 Å². The first-order chi connectivity index (χ1) is 7.17. The lowest BCUT2D eigenvalue weighted by Gasteiger charge is -2.12. The summed E-state index contributed by atoms with van der Waals surface area (Å²) >= 11 is 5.78. The second kappa shape index (κ2) is 5.80. The maximum absolute atomic E-state index is 9.10. The van der Waals surface area contributed by atoms with E-state index in [0.29, 0.717) is 16.5 Å². The van der Waals surface area contributed by atoms with Gasteiger partial charge in [0.2, 0.25) is 0 Å². The molecule has 15 heavy (non-hydrogen) atoms. The highest BCUT2D eigenvalue weighted by atomic mass is 35.5. The summed E-state index contributed by atoms with van der Waals surface area (Å²) in [5, 5.41) is 18.2. The molecule has 1 rings (SSSR count). The summed E-state index contributed by atoms with van der Waals surface area (Å²) in [6.45, 7) is -0.351. The lowest BCUT2D eigenvalue weighted by atomic mass is 10.3. The molecular formula is C10H13ClO4. The van der Waals surface area contributed by atoms with Crippen LogP contribution in [0, 0.1) is 0 Å². The third-order valence-corrected chi connectivity index (χ3v) is 2.00. The molecule has 84 valence electrons. The van der Waals surface area contributed by atoms with Crippen molar-refractivity contribution in [2.75, 3.05) is 20.3 Å². The first-order valence-electron chi connectivity index (χ1n) is 4.42. The highest BCUT2D eigenvalue weighted by Gasteiger charge is 2.08. The average Bonchev–Trinajstić information content (AvgIpc) is 2.26. The second-order valence-corrected chi connectivity index (χ2v) is 3.38. The third kappa shape index (κ3) is 3.58. The fourth-order valence-corrected chi connectivity index (χ4v) is 1.16. The van der Waals surface area contributed by atoms with Crippen LogP contribution < -0.4 is 9.47 Å². The normalized spacial score (nSPS) is 12.3. The number of methoxy groups -OCH3 is 1. The van der Waals surface area contributed by atoms with Crippen molar-refractivity contribution in [2.45, 2.75) is 6.10 Å². The zero-order valence-electron chi connectivity index (χ0n) is 8.31. The molecule has 1 aromatic carbocycles. The van der Waals surface area contributed by atoms with Crippen LogP contribution in [0.25, 0.3) is 0 Å². The molecule has 0 aliphatic carbocycles. The molecule has 0 saturated heterocycles. The van der Waals surface area contributed by atoms with Crippen LogP contribution in [0.2, 0.25) is 5.02 Å². The molecule has 2 N–H and O–H groups in total. The van der Waals surface area contributed by atoms with Crippen molar-refractivity contribution < 1.29 is 19.7 Å². The minimum Gasteiger partial charge on any atom is -0.493 e. The van der Waals surface area contributed by atoms with Crippen LogP contribution in [0.15, 0.2) is 18.2 Å². The Bertz CT molecular complexity index is 316. The van der Waals surface area contributed by atoms with Crippen molar-refractivity contribution >= 4 is 11.6 Å². The summed E-state index contributed by atoms with van der Waals surface area (Å²) in [5.74, 6) is 0.974. The number of benzene rings is 1. The molecule has 0 saturated carbocycles. The van der Waals surface area contributed by atoms with Gasteiger partial charge in [-0.25, -0.2) is 0 Å². The van der Waals surface area contributed by atoms with Crippen LogP contribution in [0.5, 0.6) is 11.5 Å². The Labute approximate surface area is 93.0 Å². The SMILES string of the molecule is COc1ccc(Cl)cc1OCC(O)CO. The van der Waals surface area contributed by atoms with Gasteiger partial charge in [0.15, 0.2) is 11.5 Å². The maximum Gasteiger partial charge on any atom is 0.162 e. The summed E-state index contributed by atoms with van der Waals surface area (Å²) in [7, 11) is 1.51. The molecule has 0 aliphatic heterocycles. The number of hydrogen-bond donors (Lipinski definition) is 2. The van der Waals surface area contributed by atoms with Crippen LogP contribution >= 0.6 is 11.6 Å². The largest absolute Gasteiger partial charge is 0.493 e. The van der Waals surface area contributed by atoms with Gasteiger partial charge in [0.25, 0.3) is 0 Å². The van der Waals surface area contributed by atoms with Gasteiger partial charge in [0.05, 0.1) is 13.7 Å². The van der Waals surface area contributed by atoms with E-state index in [4.69, 9.17) is 31.3 Å². The monoisotopic (exact) mass is 232 g/mol. The molecule has 0 aliphatic rings. The number of aliphatic hydroxyl groups excluding tert-OH is 2. The van der Waals surface area contributed by atoms with Crippen molar-refractivity contribution in [3.05, 3.63) is 23.2 Å². The molecule has 1 unspecified atom stereocenters. The number of ether oxygens (including phenoxy) is 2. The topological polar surface area (TPSA) is 58.9 Å². The zero-order valence-corrected chi connectivity index (χ0v) is 9.07. The molecule has 0 fully saturated rings. The van der Waals surface area contributed by atoms with E-state index in [1.54, 1.807) is 18.2 Å². The summed E-state index contributed by atoms with van der Waals surface area (Å²) < 4.78 is 10.3. The van der Waals surface area contributed by atoms with E-state index in [2.05, 4.69) is 0 Å². The van der Waals surface area contributed by atoms with E-state index in [-0.39, 0.29) is 13.2 Å². The molecule has 0 aromatic heterocycles. The maximum atomic E-state index is 9.10. The fourth-order valence-electron chi connectivity index (χ4n) is 1.00.